The minimum Gasteiger partial charge on any atom is -1.00 e. The monoisotopic (exact) mass is 330 g/mol. The maximum Gasteiger partial charge on any atom is 0.0969 e. The number of halogens is 2. The summed E-state index contributed by atoms with van der Waals surface area (Å²) >= 11 is 0. The SMILES string of the molecule is C[N+](C)(C)CC=CC[N+](C)(C)C.[Br-].[Br-]. The van der Waals surface area contributed by atoms with Crippen molar-refractivity contribution in [2.45, 2.75) is 0 Å². The molecule has 14 heavy (non-hydrogen) atoms. The maximum absolute atomic E-state index is 2.27. The standard InChI is InChI=1S/C10H24N2.2BrH/c1-11(2,3)9-7-8-10-12(4,5)6;;/h7-8H,9-10H2,1-6H3;2*1H/q+2;;/p-2. The van der Waals surface area contributed by atoms with Crippen molar-refractivity contribution in [3.8, 4) is 0 Å². The van der Waals surface area contributed by atoms with Crippen LogP contribution in [0.1, 0.15) is 0 Å². The van der Waals surface area contributed by atoms with Gasteiger partial charge in [-0.05, 0) is 12.2 Å². The lowest BCUT2D eigenvalue weighted by Gasteiger charge is -2.23. The Morgan fingerprint density at radius 1 is 0.643 bits per heavy atom. The van der Waals surface area contributed by atoms with Gasteiger partial charge in [-0.15, -0.1) is 0 Å². The van der Waals surface area contributed by atoms with Gasteiger partial charge in [0.25, 0.3) is 0 Å². The Hall–Kier alpha value is 0.620. The fourth-order valence-corrected chi connectivity index (χ4v) is 0.782. The van der Waals surface area contributed by atoms with Crippen LogP contribution in [0.3, 0.4) is 0 Å². The van der Waals surface area contributed by atoms with E-state index in [1.54, 1.807) is 0 Å². The van der Waals surface area contributed by atoms with Crippen LogP contribution in [0, 0.1) is 0 Å². The van der Waals surface area contributed by atoms with Gasteiger partial charge in [-0.1, -0.05) is 0 Å². The molecule has 0 heterocycles. The summed E-state index contributed by atoms with van der Waals surface area (Å²) in [7, 11) is 13.2. The van der Waals surface area contributed by atoms with Crippen molar-refractivity contribution in [1.82, 2.24) is 0 Å². The Morgan fingerprint density at radius 2 is 0.857 bits per heavy atom. The van der Waals surface area contributed by atoms with E-state index in [2.05, 4.69) is 54.4 Å². The number of hydrogen-bond donors (Lipinski definition) is 0. The third-order valence-electron chi connectivity index (χ3n) is 1.47. The molecule has 0 amide bonds. The number of rotatable bonds is 4. The van der Waals surface area contributed by atoms with Gasteiger partial charge < -0.3 is 42.9 Å². The Kier molecular flexibility index (Phi) is 11.3. The van der Waals surface area contributed by atoms with Crippen LogP contribution in [0.5, 0.6) is 0 Å². The van der Waals surface area contributed by atoms with Crippen LogP contribution in [0.25, 0.3) is 0 Å². The van der Waals surface area contributed by atoms with E-state index < -0.39 is 0 Å². The van der Waals surface area contributed by atoms with Crippen molar-refractivity contribution in [2.75, 3.05) is 55.4 Å². The zero-order valence-corrected chi connectivity index (χ0v) is 13.4. The second-order valence-corrected chi connectivity index (χ2v) is 5.42. The predicted octanol–water partition coefficient (Wildman–Crippen LogP) is -5.04. The smallest absolute Gasteiger partial charge is 0.0969 e. The molecule has 0 N–H and O–H groups in total. The summed E-state index contributed by atoms with van der Waals surface area (Å²) in [5, 5.41) is 0. The molecular formula is C10H24Br2N2. The third-order valence-corrected chi connectivity index (χ3v) is 1.47. The molecule has 0 atom stereocenters. The molecule has 0 aliphatic carbocycles. The minimum absolute atomic E-state index is 0. The first-order chi connectivity index (χ1) is 5.21. The highest BCUT2D eigenvalue weighted by molar-refractivity contribution is 4.80. The van der Waals surface area contributed by atoms with E-state index in [9.17, 15) is 0 Å². The molecular weight excluding hydrogens is 308 g/mol. The normalized spacial score (nSPS) is 12.1. The van der Waals surface area contributed by atoms with E-state index in [-0.39, 0.29) is 34.0 Å². The molecule has 2 nitrogen and oxygen atoms in total. The van der Waals surface area contributed by atoms with Gasteiger partial charge in [0.05, 0.1) is 55.4 Å². The molecule has 0 aromatic carbocycles. The first-order valence-corrected chi connectivity index (χ1v) is 4.47. The molecule has 0 bridgehead atoms. The van der Waals surface area contributed by atoms with Gasteiger partial charge in [0, 0.05) is 0 Å². The van der Waals surface area contributed by atoms with Crippen LogP contribution in [-0.4, -0.2) is 64.3 Å². The second-order valence-electron chi connectivity index (χ2n) is 5.42. The largest absolute Gasteiger partial charge is 1.00 e. The molecule has 0 spiro atoms. The van der Waals surface area contributed by atoms with Gasteiger partial charge in [0.1, 0.15) is 0 Å². The lowest BCUT2D eigenvalue weighted by molar-refractivity contribution is -0.866. The highest BCUT2D eigenvalue weighted by Gasteiger charge is 2.04. The van der Waals surface area contributed by atoms with Crippen molar-refractivity contribution in [1.29, 1.82) is 0 Å². The van der Waals surface area contributed by atoms with E-state index in [1.807, 2.05) is 0 Å². The number of nitrogens with zero attached hydrogens (tertiary/aromatic N) is 2. The summed E-state index contributed by atoms with van der Waals surface area (Å²) in [6, 6.07) is 0. The Labute approximate surface area is 110 Å². The van der Waals surface area contributed by atoms with Crippen molar-refractivity contribution in [3.63, 3.8) is 0 Å². The third kappa shape index (κ3) is 18.4. The summed E-state index contributed by atoms with van der Waals surface area (Å²) in [6.45, 7) is 2.22. The fourth-order valence-electron chi connectivity index (χ4n) is 0.782. The van der Waals surface area contributed by atoms with Crippen LogP contribution < -0.4 is 34.0 Å². The van der Waals surface area contributed by atoms with Crippen molar-refractivity contribution in [3.05, 3.63) is 12.2 Å². The van der Waals surface area contributed by atoms with E-state index in [0.717, 1.165) is 22.1 Å². The number of quaternary nitrogens is 2. The first-order valence-electron chi connectivity index (χ1n) is 4.47. The fraction of sp³-hybridized carbons (Fsp3) is 0.800. The van der Waals surface area contributed by atoms with Gasteiger partial charge >= 0.3 is 0 Å². The van der Waals surface area contributed by atoms with Crippen molar-refractivity contribution in [2.24, 2.45) is 0 Å². The number of hydrogen-bond acceptors (Lipinski definition) is 0. The summed E-state index contributed by atoms with van der Waals surface area (Å²) in [5.41, 5.74) is 0. The number of likely N-dealkylation sites (N-methyl/N-ethyl adjacent to an activating group) is 2. The zero-order valence-electron chi connectivity index (χ0n) is 10.2. The molecule has 0 aromatic rings. The summed E-state index contributed by atoms with van der Waals surface area (Å²) in [6.07, 6.45) is 4.53. The zero-order chi connectivity index (χ0) is 9.83. The van der Waals surface area contributed by atoms with E-state index in [1.165, 1.54) is 0 Å². The lowest BCUT2D eigenvalue weighted by atomic mass is 10.4. The summed E-state index contributed by atoms with van der Waals surface area (Å²) in [4.78, 5) is 0. The van der Waals surface area contributed by atoms with Gasteiger partial charge in [-0.25, -0.2) is 0 Å². The lowest BCUT2D eigenvalue weighted by Crippen LogP contribution is -3.00. The van der Waals surface area contributed by atoms with Crippen LogP contribution in [0.4, 0.5) is 0 Å². The summed E-state index contributed by atoms with van der Waals surface area (Å²) < 4.78 is 2.02. The molecule has 4 heteroatoms. The van der Waals surface area contributed by atoms with Gasteiger partial charge in [0.15, 0.2) is 0 Å². The summed E-state index contributed by atoms with van der Waals surface area (Å²) in [5.74, 6) is 0. The highest BCUT2D eigenvalue weighted by atomic mass is 79.9. The molecule has 0 aromatic heterocycles. The quantitative estimate of drug-likeness (QED) is 0.357. The van der Waals surface area contributed by atoms with Gasteiger partial charge in [-0.2, -0.15) is 0 Å². The molecule has 0 fully saturated rings. The first kappa shape index (κ1) is 20.1. The average Bonchev–Trinajstić information content (AvgIpc) is 1.76. The molecule has 0 unspecified atom stereocenters. The molecule has 0 saturated carbocycles. The van der Waals surface area contributed by atoms with E-state index >= 15 is 0 Å². The minimum atomic E-state index is 0. The average molecular weight is 332 g/mol. The highest BCUT2D eigenvalue weighted by Crippen LogP contribution is 1.93. The molecule has 0 rings (SSSR count). The Balaban J connectivity index is -0.000000605. The molecule has 0 radical (unpaired) electrons. The Bertz CT molecular complexity index is 136. The van der Waals surface area contributed by atoms with Crippen LogP contribution in [0.15, 0.2) is 12.2 Å². The molecule has 88 valence electrons. The van der Waals surface area contributed by atoms with Crippen molar-refractivity contribution < 1.29 is 42.9 Å². The molecule has 0 saturated heterocycles. The predicted molar refractivity (Wildman–Crippen MR) is 54.9 cm³/mol. The van der Waals surface area contributed by atoms with Crippen LogP contribution >= 0.6 is 0 Å². The van der Waals surface area contributed by atoms with Crippen LogP contribution in [0.2, 0.25) is 0 Å². The van der Waals surface area contributed by atoms with Gasteiger partial charge in [-0.3, -0.25) is 0 Å². The van der Waals surface area contributed by atoms with Gasteiger partial charge in [0.2, 0.25) is 0 Å². The van der Waals surface area contributed by atoms with E-state index in [0.29, 0.717) is 0 Å². The topological polar surface area (TPSA) is 0 Å². The van der Waals surface area contributed by atoms with Crippen molar-refractivity contribution >= 4 is 0 Å². The molecule has 0 aliphatic rings. The maximum atomic E-state index is 2.27. The second kappa shape index (κ2) is 7.85. The molecule has 0 aliphatic heterocycles. The van der Waals surface area contributed by atoms with E-state index in [4.69, 9.17) is 0 Å². The Morgan fingerprint density at radius 3 is 1.00 bits per heavy atom. The van der Waals surface area contributed by atoms with Crippen LogP contribution in [-0.2, 0) is 0 Å².